The number of carbonyl (C=O) groups is 1. The van der Waals surface area contributed by atoms with Crippen molar-refractivity contribution in [2.75, 3.05) is 26.2 Å². The van der Waals surface area contributed by atoms with Gasteiger partial charge < -0.3 is 15.5 Å². The topological polar surface area (TPSA) is 44.4 Å². The van der Waals surface area contributed by atoms with E-state index in [1.54, 1.807) is 0 Å². The lowest BCUT2D eigenvalue weighted by Gasteiger charge is -2.33. The van der Waals surface area contributed by atoms with Crippen LogP contribution in [0.5, 0.6) is 0 Å². The molecule has 1 atom stereocenters. The van der Waals surface area contributed by atoms with Crippen LogP contribution in [0.1, 0.15) is 52.9 Å². The average molecular weight is 269 g/mol. The minimum absolute atomic E-state index is 0.146. The normalized spacial score (nSPS) is 20.7. The third kappa shape index (κ3) is 7.53. The van der Waals surface area contributed by atoms with E-state index in [1.807, 2.05) is 13.8 Å². The van der Waals surface area contributed by atoms with Crippen LogP contribution >= 0.6 is 0 Å². The highest BCUT2D eigenvalue weighted by Crippen LogP contribution is 2.15. The molecule has 1 aliphatic rings. The fourth-order valence-electron chi connectivity index (χ4n) is 2.62. The minimum atomic E-state index is 0.146. The van der Waals surface area contributed by atoms with Gasteiger partial charge in [-0.2, -0.15) is 0 Å². The molecule has 0 spiro atoms. The van der Waals surface area contributed by atoms with Gasteiger partial charge in [0, 0.05) is 25.0 Å². The molecular formula is C15H31N3O. The molecule has 0 saturated carbocycles. The molecule has 112 valence electrons. The smallest absolute Gasteiger partial charge is 0.221 e. The molecule has 0 aromatic rings. The summed E-state index contributed by atoms with van der Waals surface area (Å²) in [6.45, 7) is 10.6. The Bertz CT molecular complexity index is 256. The molecule has 1 aliphatic heterocycles. The van der Waals surface area contributed by atoms with E-state index in [0.29, 0.717) is 6.42 Å². The van der Waals surface area contributed by atoms with Crippen LogP contribution < -0.4 is 10.6 Å². The van der Waals surface area contributed by atoms with Crippen LogP contribution in [-0.2, 0) is 4.79 Å². The summed E-state index contributed by atoms with van der Waals surface area (Å²) in [7, 11) is 0. The molecule has 4 heteroatoms. The lowest BCUT2D eigenvalue weighted by atomic mass is 10.0. The molecule has 2 N–H and O–H groups in total. The monoisotopic (exact) mass is 269 g/mol. The fraction of sp³-hybridized carbons (Fsp3) is 0.933. The van der Waals surface area contributed by atoms with E-state index in [4.69, 9.17) is 0 Å². The first-order chi connectivity index (χ1) is 9.09. The summed E-state index contributed by atoms with van der Waals surface area (Å²) in [6.07, 6.45) is 5.85. The number of nitrogens with one attached hydrogen (secondary N) is 2. The number of rotatable bonds is 8. The van der Waals surface area contributed by atoms with Gasteiger partial charge in [0.15, 0.2) is 0 Å². The van der Waals surface area contributed by atoms with Crippen molar-refractivity contribution < 1.29 is 4.79 Å². The van der Waals surface area contributed by atoms with E-state index in [0.717, 1.165) is 19.1 Å². The first-order valence-corrected chi connectivity index (χ1v) is 7.83. The zero-order chi connectivity index (χ0) is 14.1. The Morgan fingerprint density at radius 2 is 2.11 bits per heavy atom. The molecule has 1 heterocycles. The zero-order valence-electron chi connectivity index (χ0n) is 12.9. The van der Waals surface area contributed by atoms with Crippen molar-refractivity contribution in [3.63, 3.8) is 0 Å². The summed E-state index contributed by atoms with van der Waals surface area (Å²) < 4.78 is 0. The van der Waals surface area contributed by atoms with Crippen molar-refractivity contribution in [1.82, 2.24) is 15.5 Å². The van der Waals surface area contributed by atoms with Gasteiger partial charge in [-0.15, -0.1) is 0 Å². The molecule has 1 fully saturated rings. The fourth-order valence-corrected chi connectivity index (χ4v) is 2.62. The predicted octanol–water partition coefficient (Wildman–Crippen LogP) is 1.76. The highest BCUT2D eigenvalue weighted by Gasteiger charge is 2.16. The van der Waals surface area contributed by atoms with E-state index in [1.165, 1.54) is 38.8 Å². The van der Waals surface area contributed by atoms with Crippen LogP contribution in [0.2, 0.25) is 0 Å². The number of likely N-dealkylation sites (tertiary alicyclic amines) is 1. The summed E-state index contributed by atoms with van der Waals surface area (Å²) in [5.74, 6) is 0.146. The maximum atomic E-state index is 11.4. The molecule has 1 unspecified atom stereocenters. The standard InChI is InChI=1S/C15H31N3O/c1-13(2)17-15(19)8-10-16-9-6-12-18-11-5-4-7-14(18)3/h13-14,16H,4-12H2,1-3H3,(H,17,19). The van der Waals surface area contributed by atoms with Gasteiger partial charge in [0.05, 0.1) is 0 Å². The molecule has 0 bridgehead atoms. The second kappa shape index (κ2) is 9.32. The highest BCUT2D eigenvalue weighted by molar-refractivity contribution is 5.76. The van der Waals surface area contributed by atoms with E-state index in [-0.39, 0.29) is 11.9 Å². The largest absolute Gasteiger partial charge is 0.354 e. The first-order valence-electron chi connectivity index (χ1n) is 7.83. The Morgan fingerprint density at radius 1 is 1.32 bits per heavy atom. The van der Waals surface area contributed by atoms with E-state index in [2.05, 4.69) is 22.5 Å². The Labute approximate surface area is 118 Å². The van der Waals surface area contributed by atoms with Crippen molar-refractivity contribution in [2.45, 2.75) is 65.0 Å². The van der Waals surface area contributed by atoms with Crippen LogP contribution in [0, 0.1) is 0 Å². The molecule has 4 nitrogen and oxygen atoms in total. The lowest BCUT2D eigenvalue weighted by Crippen LogP contribution is -2.39. The minimum Gasteiger partial charge on any atom is -0.354 e. The molecular weight excluding hydrogens is 238 g/mol. The van der Waals surface area contributed by atoms with Crippen LogP contribution in [0.4, 0.5) is 0 Å². The van der Waals surface area contributed by atoms with Gasteiger partial charge >= 0.3 is 0 Å². The van der Waals surface area contributed by atoms with Crippen molar-refractivity contribution in [2.24, 2.45) is 0 Å². The number of hydrogen-bond acceptors (Lipinski definition) is 3. The number of carbonyl (C=O) groups excluding carboxylic acids is 1. The SMILES string of the molecule is CC(C)NC(=O)CCNCCCN1CCCCC1C. The molecule has 0 radical (unpaired) electrons. The van der Waals surface area contributed by atoms with Crippen molar-refractivity contribution >= 4 is 5.91 Å². The van der Waals surface area contributed by atoms with Gasteiger partial charge in [-0.25, -0.2) is 0 Å². The Balaban J connectivity index is 1.94. The zero-order valence-corrected chi connectivity index (χ0v) is 12.9. The molecule has 19 heavy (non-hydrogen) atoms. The summed E-state index contributed by atoms with van der Waals surface area (Å²) in [5.41, 5.74) is 0. The molecule has 1 saturated heterocycles. The van der Waals surface area contributed by atoms with E-state index < -0.39 is 0 Å². The molecule has 0 aromatic carbocycles. The third-order valence-electron chi connectivity index (χ3n) is 3.72. The third-order valence-corrected chi connectivity index (χ3v) is 3.72. The van der Waals surface area contributed by atoms with Crippen LogP contribution in [0.15, 0.2) is 0 Å². The van der Waals surface area contributed by atoms with Gasteiger partial charge in [0.1, 0.15) is 0 Å². The summed E-state index contributed by atoms with van der Waals surface area (Å²) in [4.78, 5) is 14.0. The molecule has 1 rings (SSSR count). The van der Waals surface area contributed by atoms with E-state index >= 15 is 0 Å². The average Bonchev–Trinajstić information content (AvgIpc) is 2.34. The van der Waals surface area contributed by atoms with Crippen molar-refractivity contribution in [1.29, 1.82) is 0 Å². The van der Waals surface area contributed by atoms with Crippen LogP contribution in [0.25, 0.3) is 0 Å². The Morgan fingerprint density at radius 3 is 2.79 bits per heavy atom. The lowest BCUT2D eigenvalue weighted by molar-refractivity contribution is -0.121. The van der Waals surface area contributed by atoms with Crippen LogP contribution in [0.3, 0.4) is 0 Å². The number of nitrogens with zero attached hydrogens (tertiary/aromatic N) is 1. The van der Waals surface area contributed by atoms with Crippen molar-refractivity contribution in [3.05, 3.63) is 0 Å². The quantitative estimate of drug-likeness (QED) is 0.660. The highest BCUT2D eigenvalue weighted by atomic mass is 16.1. The van der Waals surface area contributed by atoms with Gasteiger partial charge in [-0.05, 0) is 59.7 Å². The number of hydrogen-bond donors (Lipinski definition) is 2. The molecule has 1 amide bonds. The molecule has 0 aromatic heterocycles. The number of piperidine rings is 1. The van der Waals surface area contributed by atoms with Gasteiger partial charge in [-0.3, -0.25) is 4.79 Å². The second-order valence-electron chi connectivity index (χ2n) is 5.96. The van der Waals surface area contributed by atoms with Crippen molar-refractivity contribution in [3.8, 4) is 0 Å². The van der Waals surface area contributed by atoms with Gasteiger partial charge in [0.25, 0.3) is 0 Å². The van der Waals surface area contributed by atoms with Crippen LogP contribution in [-0.4, -0.2) is 49.1 Å². The predicted molar refractivity (Wildman–Crippen MR) is 80.3 cm³/mol. The summed E-state index contributed by atoms with van der Waals surface area (Å²) >= 11 is 0. The number of amides is 1. The maximum absolute atomic E-state index is 11.4. The Kier molecular flexibility index (Phi) is 8.07. The summed E-state index contributed by atoms with van der Waals surface area (Å²) in [6, 6.07) is 0.999. The Hall–Kier alpha value is -0.610. The van der Waals surface area contributed by atoms with Gasteiger partial charge in [-0.1, -0.05) is 6.42 Å². The second-order valence-corrected chi connectivity index (χ2v) is 5.96. The first kappa shape index (κ1) is 16.4. The van der Waals surface area contributed by atoms with E-state index in [9.17, 15) is 4.79 Å². The summed E-state index contributed by atoms with van der Waals surface area (Å²) in [5, 5.41) is 6.26. The van der Waals surface area contributed by atoms with Gasteiger partial charge in [0.2, 0.25) is 5.91 Å². The molecule has 0 aliphatic carbocycles. The maximum Gasteiger partial charge on any atom is 0.221 e.